The number of nitrogen functional groups attached to an aromatic ring is 1. The van der Waals surface area contributed by atoms with Crippen molar-refractivity contribution in [3.63, 3.8) is 0 Å². The number of hydrogen-bond donors (Lipinski definition) is 2. The topological polar surface area (TPSA) is 68.9 Å². The van der Waals surface area contributed by atoms with Crippen LogP contribution in [0, 0.1) is 0 Å². The Morgan fingerprint density at radius 1 is 1.47 bits per heavy atom. The fourth-order valence-electron chi connectivity index (χ4n) is 1.79. The fraction of sp³-hybridized carbons (Fsp3) is 0.500. The van der Waals surface area contributed by atoms with Crippen molar-refractivity contribution >= 4 is 17.2 Å². The first-order chi connectivity index (χ1) is 9.15. The summed E-state index contributed by atoms with van der Waals surface area (Å²) in [6, 6.07) is 5.54. The summed E-state index contributed by atoms with van der Waals surface area (Å²) < 4.78 is 11.1. The molecule has 0 radical (unpaired) electrons. The maximum absolute atomic E-state index is 5.74. The Kier molecular flexibility index (Phi) is 4.63. The normalized spacial score (nSPS) is 16.1. The number of rotatable bonds is 5. The number of anilines is 2. The first kappa shape index (κ1) is 13.7. The van der Waals surface area contributed by atoms with Gasteiger partial charge in [0.2, 0.25) is 0 Å². The van der Waals surface area contributed by atoms with E-state index in [2.05, 4.69) is 10.3 Å². The van der Waals surface area contributed by atoms with E-state index in [1.807, 2.05) is 32.0 Å². The number of ether oxygens (including phenoxy) is 2. The lowest BCUT2D eigenvalue weighted by molar-refractivity contribution is 0.0782. The van der Waals surface area contributed by atoms with E-state index >= 15 is 0 Å². The van der Waals surface area contributed by atoms with E-state index in [-0.39, 0.29) is 6.10 Å². The SMILES string of the molecule is CC(C)OCCCN=C1COc2ccc(N)cc2N1. The molecule has 1 aromatic rings. The number of nitrogens with one attached hydrogen (secondary N) is 1. The Labute approximate surface area is 113 Å². The molecule has 3 N–H and O–H groups in total. The van der Waals surface area contributed by atoms with Crippen LogP contribution in [-0.2, 0) is 4.74 Å². The van der Waals surface area contributed by atoms with Gasteiger partial charge in [0, 0.05) is 18.8 Å². The first-order valence-corrected chi connectivity index (χ1v) is 6.59. The van der Waals surface area contributed by atoms with Gasteiger partial charge in [-0.15, -0.1) is 0 Å². The lowest BCUT2D eigenvalue weighted by Crippen LogP contribution is -2.26. The van der Waals surface area contributed by atoms with Crippen LogP contribution in [-0.4, -0.2) is 31.7 Å². The van der Waals surface area contributed by atoms with Crippen molar-refractivity contribution in [1.82, 2.24) is 0 Å². The quantitative estimate of drug-likeness (QED) is 0.631. The van der Waals surface area contributed by atoms with Crippen LogP contribution in [0.15, 0.2) is 23.2 Å². The van der Waals surface area contributed by atoms with Crippen LogP contribution in [0.25, 0.3) is 0 Å². The standard InChI is InChI=1S/C14H21N3O2/c1-10(2)18-7-3-6-16-14-9-19-13-5-4-11(15)8-12(13)17-14/h4-5,8,10H,3,6-7,9,15H2,1-2H3,(H,16,17). The zero-order chi connectivity index (χ0) is 13.7. The molecule has 0 bridgehead atoms. The zero-order valence-electron chi connectivity index (χ0n) is 11.5. The lowest BCUT2D eigenvalue weighted by atomic mass is 10.2. The summed E-state index contributed by atoms with van der Waals surface area (Å²) in [6.45, 7) is 6.00. The van der Waals surface area contributed by atoms with Crippen LogP contribution in [0.1, 0.15) is 20.3 Å². The molecule has 1 aliphatic rings. The lowest BCUT2D eigenvalue weighted by Gasteiger charge is -2.21. The van der Waals surface area contributed by atoms with Crippen molar-refractivity contribution in [2.24, 2.45) is 4.99 Å². The van der Waals surface area contributed by atoms with Crippen molar-refractivity contribution in [3.05, 3.63) is 18.2 Å². The smallest absolute Gasteiger partial charge is 0.145 e. The summed E-state index contributed by atoms with van der Waals surface area (Å²) in [5.41, 5.74) is 7.33. The summed E-state index contributed by atoms with van der Waals surface area (Å²) >= 11 is 0. The third-order valence-corrected chi connectivity index (χ3v) is 2.70. The highest BCUT2D eigenvalue weighted by Crippen LogP contribution is 2.29. The van der Waals surface area contributed by atoms with Crippen LogP contribution in [0.3, 0.4) is 0 Å². The van der Waals surface area contributed by atoms with Crippen molar-refractivity contribution in [2.45, 2.75) is 26.4 Å². The monoisotopic (exact) mass is 263 g/mol. The molecule has 104 valence electrons. The maximum atomic E-state index is 5.74. The van der Waals surface area contributed by atoms with Gasteiger partial charge in [0.1, 0.15) is 18.2 Å². The Balaban J connectivity index is 1.83. The number of hydrogen-bond acceptors (Lipinski definition) is 4. The molecule has 1 aliphatic heterocycles. The van der Waals surface area contributed by atoms with Gasteiger partial charge in [-0.1, -0.05) is 0 Å². The predicted molar refractivity (Wildman–Crippen MR) is 78.0 cm³/mol. The molecule has 0 saturated heterocycles. The van der Waals surface area contributed by atoms with E-state index in [4.69, 9.17) is 15.2 Å². The highest BCUT2D eigenvalue weighted by molar-refractivity contribution is 5.99. The molecule has 2 rings (SSSR count). The van der Waals surface area contributed by atoms with Crippen LogP contribution in [0.4, 0.5) is 11.4 Å². The zero-order valence-corrected chi connectivity index (χ0v) is 11.5. The molecule has 0 amide bonds. The summed E-state index contributed by atoms with van der Waals surface area (Å²) in [5.74, 6) is 1.65. The second-order valence-electron chi connectivity index (χ2n) is 4.77. The third kappa shape index (κ3) is 4.13. The van der Waals surface area contributed by atoms with Gasteiger partial charge < -0.3 is 20.5 Å². The van der Waals surface area contributed by atoms with Crippen molar-refractivity contribution in [2.75, 3.05) is 30.8 Å². The molecule has 0 unspecified atom stereocenters. The largest absolute Gasteiger partial charge is 0.484 e. The van der Waals surface area contributed by atoms with Gasteiger partial charge in [-0.05, 0) is 38.5 Å². The van der Waals surface area contributed by atoms with E-state index in [1.54, 1.807) is 0 Å². The number of nitrogens with zero attached hydrogens (tertiary/aromatic N) is 1. The fourth-order valence-corrected chi connectivity index (χ4v) is 1.79. The van der Waals surface area contributed by atoms with E-state index in [0.29, 0.717) is 12.3 Å². The Morgan fingerprint density at radius 2 is 2.32 bits per heavy atom. The van der Waals surface area contributed by atoms with E-state index in [1.165, 1.54) is 0 Å². The van der Waals surface area contributed by atoms with Crippen molar-refractivity contribution < 1.29 is 9.47 Å². The molecular formula is C14H21N3O2. The summed E-state index contributed by atoms with van der Waals surface area (Å²) in [6.07, 6.45) is 1.19. The Bertz CT molecular complexity index is 458. The highest BCUT2D eigenvalue weighted by atomic mass is 16.5. The van der Waals surface area contributed by atoms with Crippen molar-refractivity contribution in [1.29, 1.82) is 0 Å². The predicted octanol–water partition coefficient (Wildman–Crippen LogP) is 2.29. The molecule has 0 saturated carbocycles. The van der Waals surface area contributed by atoms with E-state index in [0.717, 1.165) is 36.8 Å². The minimum atomic E-state index is 0.277. The van der Waals surface area contributed by atoms with Crippen LogP contribution in [0.5, 0.6) is 5.75 Å². The van der Waals surface area contributed by atoms with Gasteiger partial charge >= 0.3 is 0 Å². The second-order valence-corrected chi connectivity index (χ2v) is 4.77. The average molecular weight is 263 g/mol. The Morgan fingerprint density at radius 3 is 3.11 bits per heavy atom. The molecular weight excluding hydrogens is 242 g/mol. The van der Waals surface area contributed by atoms with Gasteiger partial charge in [-0.2, -0.15) is 0 Å². The molecule has 0 atom stereocenters. The van der Waals surface area contributed by atoms with Gasteiger partial charge in [0.15, 0.2) is 0 Å². The minimum Gasteiger partial charge on any atom is -0.484 e. The van der Waals surface area contributed by atoms with Crippen LogP contribution >= 0.6 is 0 Å². The van der Waals surface area contributed by atoms with Gasteiger partial charge in [0.05, 0.1) is 11.8 Å². The molecule has 19 heavy (non-hydrogen) atoms. The molecule has 0 spiro atoms. The number of fused-ring (bicyclic) bond motifs is 1. The minimum absolute atomic E-state index is 0.277. The molecule has 0 fully saturated rings. The average Bonchev–Trinajstić information content (AvgIpc) is 2.37. The molecule has 0 aliphatic carbocycles. The van der Waals surface area contributed by atoms with Gasteiger partial charge in [-0.3, -0.25) is 4.99 Å². The van der Waals surface area contributed by atoms with Gasteiger partial charge in [-0.25, -0.2) is 0 Å². The second kappa shape index (κ2) is 6.43. The molecule has 0 aromatic heterocycles. The molecule has 1 aromatic carbocycles. The summed E-state index contributed by atoms with van der Waals surface area (Å²) in [5, 5.41) is 3.24. The maximum Gasteiger partial charge on any atom is 0.145 e. The number of amidine groups is 1. The number of aliphatic imine (C=N–C) groups is 1. The highest BCUT2D eigenvalue weighted by Gasteiger charge is 2.13. The van der Waals surface area contributed by atoms with Crippen LogP contribution in [0.2, 0.25) is 0 Å². The van der Waals surface area contributed by atoms with Crippen molar-refractivity contribution in [3.8, 4) is 5.75 Å². The Hall–Kier alpha value is -1.75. The summed E-state index contributed by atoms with van der Waals surface area (Å²) in [4.78, 5) is 4.47. The third-order valence-electron chi connectivity index (χ3n) is 2.70. The molecule has 5 heteroatoms. The van der Waals surface area contributed by atoms with Gasteiger partial charge in [0.25, 0.3) is 0 Å². The van der Waals surface area contributed by atoms with E-state index < -0.39 is 0 Å². The first-order valence-electron chi connectivity index (χ1n) is 6.59. The number of benzene rings is 1. The number of nitrogens with two attached hydrogens (primary N) is 1. The molecule has 1 heterocycles. The summed E-state index contributed by atoms with van der Waals surface area (Å²) in [7, 11) is 0. The van der Waals surface area contributed by atoms with Crippen LogP contribution < -0.4 is 15.8 Å². The molecule has 5 nitrogen and oxygen atoms in total. The van der Waals surface area contributed by atoms with E-state index in [9.17, 15) is 0 Å².